The number of benzene rings is 2. The van der Waals surface area contributed by atoms with Crippen molar-refractivity contribution in [1.29, 1.82) is 0 Å². The normalized spacial score (nSPS) is 15.2. The molecule has 0 spiro atoms. The minimum Gasteiger partial charge on any atom is -0.383 e. The van der Waals surface area contributed by atoms with Gasteiger partial charge in [-0.3, -0.25) is 4.79 Å². The van der Waals surface area contributed by atoms with Crippen LogP contribution in [0, 0.1) is 0 Å². The summed E-state index contributed by atoms with van der Waals surface area (Å²) in [6, 6.07) is 10.0. The highest BCUT2D eigenvalue weighted by atomic mass is 19.4. The van der Waals surface area contributed by atoms with Crippen LogP contribution in [0.3, 0.4) is 0 Å². The van der Waals surface area contributed by atoms with Crippen molar-refractivity contribution in [3.63, 3.8) is 0 Å². The number of carbonyl (C=O) groups is 1. The smallest absolute Gasteiger partial charge is 0.383 e. The molecule has 5 nitrogen and oxygen atoms in total. The van der Waals surface area contributed by atoms with E-state index in [0.29, 0.717) is 5.69 Å². The molecule has 3 rings (SSSR count). The SMILES string of the molecule is CCCNc1cc(NC(=O)c2cccc(C(F)(F)F)c2)ccc1N1CCN(C)CC1. The molecule has 1 saturated heterocycles. The van der Waals surface area contributed by atoms with Gasteiger partial charge in [-0.2, -0.15) is 13.2 Å². The van der Waals surface area contributed by atoms with Gasteiger partial charge in [-0.1, -0.05) is 13.0 Å². The van der Waals surface area contributed by atoms with Crippen LogP contribution >= 0.6 is 0 Å². The predicted octanol–water partition coefficient (Wildman–Crippen LogP) is 4.53. The highest BCUT2D eigenvalue weighted by Gasteiger charge is 2.31. The second kappa shape index (κ2) is 9.38. The molecule has 162 valence electrons. The van der Waals surface area contributed by atoms with Gasteiger partial charge in [0.05, 0.1) is 16.9 Å². The molecule has 0 aromatic heterocycles. The Morgan fingerprint density at radius 2 is 1.80 bits per heavy atom. The molecule has 1 heterocycles. The lowest BCUT2D eigenvalue weighted by Crippen LogP contribution is -2.44. The van der Waals surface area contributed by atoms with Gasteiger partial charge in [0.25, 0.3) is 5.91 Å². The molecule has 1 aliphatic heterocycles. The average Bonchev–Trinajstić information content (AvgIpc) is 2.72. The minimum atomic E-state index is -4.49. The molecule has 2 aromatic rings. The van der Waals surface area contributed by atoms with E-state index >= 15 is 0 Å². The van der Waals surface area contributed by atoms with Crippen molar-refractivity contribution < 1.29 is 18.0 Å². The third-order valence-electron chi connectivity index (χ3n) is 5.12. The number of hydrogen-bond donors (Lipinski definition) is 2. The Kier molecular flexibility index (Phi) is 6.87. The molecule has 0 radical (unpaired) electrons. The molecule has 1 amide bonds. The summed E-state index contributed by atoms with van der Waals surface area (Å²) in [6.07, 6.45) is -3.54. The van der Waals surface area contributed by atoms with Crippen LogP contribution in [0.15, 0.2) is 42.5 Å². The van der Waals surface area contributed by atoms with Gasteiger partial charge in [0.2, 0.25) is 0 Å². The lowest BCUT2D eigenvalue weighted by atomic mass is 10.1. The highest BCUT2D eigenvalue weighted by Crippen LogP contribution is 2.32. The fourth-order valence-corrected chi connectivity index (χ4v) is 3.38. The first kappa shape index (κ1) is 22.0. The summed E-state index contributed by atoms with van der Waals surface area (Å²) in [5, 5.41) is 6.12. The summed E-state index contributed by atoms with van der Waals surface area (Å²) in [6.45, 7) is 6.62. The first-order valence-electron chi connectivity index (χ1n) is 10.1. The zero-order valence-corrected chi connectivity index (χ0v) is 17.2. The summed E-state index contributed by atoms with van der Waals surface area (Å²) in [4.78, 5) is 17.1. The van der Waals surface area contributed by atoms with E-state index in [0.717, 1.165) is 62.7 Å². The Labute approximate surface area is 174 Å². The molecule has 0 bridgehead atoms. The highest BCUT2D eigenvalue weighted by molar-refractivity contribution is 6.04. The Morgan fingerprint density at radius 3 is 2.47 bits per heavy atom. The zero-order valence-electron chi connectivity index (χ0n) is 17.2. The number of piperazine rings is 1. The van der Waals surface area contributed by atoms with Crippen LogP contribution in [0.1, 0.15) is 29.3 Å². The summed E-state index contributed by atoms with van der Waals surface area (Å²) < 4.78 is 38.8. The maximum Gasteiger partial charge on any atom is 0.416 e. The van der Waals surface area contributed by atoms with E-state index in [4.69, 9.17) is 0 Å². The molecule has 0 saturated carbocycles. The fourth-order valence-electron chi connectivity index (χ4n) is 3.38. The lowest BCUT2D eigenvalue weighted by molar-refractivity contribution is -0.137. The number of anilines is 3. The van der Waals surface area contributed by atoms with E-state index in [1.165, 1.54) is 12.1 Å². The number of likely N-dealkylation sites (N-methyl/N-ethyl adjacent to an activating group) is 1. The fraction of sp³-hybridized carbons (Fsp3) is 0.409. The summed E-state index contributed by atoms with van der Waals surface area (Å²) >= 11 is 0. The maximum atomic E-state index is 12.9. The Bertz CT molecular complexity index is 877. The van der Waals surface area contributed by atoms with Crippen molar-refractivity contribution in [3.8, 4) is 0 Å². The van der Waals surface area contributed by atoms with Crippen molar-refractivity contribution in [2.24, 2.45) is 0 Å². The Hall–Kier alpha value is -2.74. The molecular weight excluding hydrogens is 393 g/mol. The van der Waals surface area contributed by atoms with Crippen LogP contribution in [-0.4, -0.2) is 50.6 Å². The van der Waals surface area contributed by atoms with Crippen molar-refractivity contribution in [3.05, 3.63) is 53.6 Å². The van der Waals surface area contributed by atoms with Gasteiger partial charge in [-0.05, 0) is 49.9 Å². The van der Waals surface area contributed by atoms with Gasteiger partial charge in [-0.25, -0.2) is 0 Å². The van der Waals surface area contributed by atoms with Crippen LogP contribution in [0.5, 0.6) is 0 Å². The van der Waals surface area contributed by atoms with Crippen LogP contribution in [0.4, 0.5) is 30.2 Å². The van der Waals surface area contributed by atoms with E-state index in [9.17, 15) is 18.0 Å². The van der Waals surface area contributed by atoms with Crippen LogP contribution in [0.25, 0.3) is 0 Å². The van der Waals surface area contributed by atoms with E-state index in [1.54, 1.807) is 6.07 Å². The average molecular weight is 420 g/mol. The summed E-state index contributed by atoms with van der Waals surface area (Å²) in [7, 11) is 2.10. The molecule has 2 N–H and O–H groups in total. The van der Waals surface area contributed by atoms with Crippen molar-refractivity contribution in [1.82, 2.24) is 4.90 Å². The number of alkyl halides is 3. The van der Waals surface area contributed by atoms with Gasteiger partial charge in [-0.15, -0.1) is 0 Å². The molecule has 0 unspecified atom stereocenters. The van der Waals surface area contributed by atoms with Crippen molar-refractivity contribution >= 4 is 23.0 Å². The third-order valence-corrected chi connectivity index (χ3v) is 5.12. The Morgan fingerprint density at radius 1 is 1.07 bits per heavy atom. The van der Waals surface area contributed by atoms with Crippen LogP contribution < -0.4 is 15.5 Å². The van der Waals surface area contributed by atoms with Gasteiger partial charge < -0.3 is 20.4 Å². The second-order valence-electron chi connectivity index (χ2n) is 7.48. The number of nitrogens with one attached hydrogen (secondary N) is 2. The molecule has 30 heavy (non-hydrogen) atoms. The third kappa shape index (κ3) is 5.44. The Balaban J connectivity index is 1.80. The van der Waals surface area contributed by atoms with E-state index in [-0.39, 0.29) is 5.56 Å². The molecule has 0 aliphatic carbocycles. The van der Waals surface area contributed by atoms with Crippen molar-refractivity contribution in [2.75, 3.05) is 55.3 Å². The van der Waals surface area contributed by atoms with Crippen LogP contribution in [0.2, 0.25) is 0 Å². The largest absolute Gasteiger partial charge is 0.416 e. The number of carbonyl (C=O) groups excluding carboxylic acids is 1. The van der Waals surface area contributed by atoms with E-state index in [1.807, 2.05) is 12.1 Å². The summed E-state index contributed by atoms with van der Waals surface area (Å²) in [5.41, 5.74) is 1.63. The van der Waals surface area contributed by atoms with Gasteiger partial charge in [0.1, 0.15) is 0 Å². The van der Waals surface area contributed by atoms with Gasteiger partial charge >= 0.3 is 6.18 Å². The number of hydrogen-bond acceptors (Lipinski definition) is 4. The predicted molar refractivity (Wildman–Crippen MR) is 114 cm³/mol. The maximum absolute atomic E-state index is 12.9. The quantitative estimate of drug-likeness (QED) is 0.721. The monoisotopic (exact) mass is 420 g/mol. The first-order chi connectivity index (χ1) is 14.3. The van der Waals surface area contributed by atoms with E-state index < -0.39 is 17.6 Å². The molecule has 1 fully saturated rings. The number of amides is 1. The molecular formula is C22H27F3N4O. The number of nitrogens with zero attached hydrogens (tertiary/aromatic N) is 2. The molecule has 8 heteroatoms. The number of halogens is 3. The van der Waals surface area contributed by atoms with Crippen molar-refractivity contribution in [2.45, 2.75) is 19.5 Å². The summed E-state index contributed by atoms with van der Waals surface area (Å²) in [5.74, 6) is -0.574. The zero-order chi connectivity index (χ0) is 21.7. The van der Waals surface area contributed by atoms with E-state index in [2.05, 4.69) is 34.4 Å². The molecule has 1 aliphatic rings. The second-order valence-corrected chi connectivity index (χ2v) is 7.48. The standard InChI is InChI=1S/C22H27F3N4O/c1-3-9-26-19-15-18(7-8-20(19)29-12-10-28(2)11-13-29)27-21(30)16-5-4-6-17(14-16)22(23,24)25/h4-8,14-15,26H,3,9-13H2,1-2H3,(H,27,30). The molecule has 0 atom stereocenters. The van der Waals surface area contributed by atoms with Crippen LogP contribution in [-0.2, 0) is 6.18 Å². The number of rotatable bonds is 6. The first-order valence-corrected chi connectivity index (χ1v) is 10.1. The lowest BCUT2D eigenvalue weighted by Gasteiger charge is -2.35. The van der Waals surface area contributed by atoms with Gasteiger partial charge in [0.15, 0.2) is 0 Å². The minimum absolute atomic E-state index is 0.0314. The topological polar surface area (TPSA) is 47.6 Å². The molecule has 2 aromatic carbocycles. The van der Waals surface area contributed by atoms with Gasteiger partial charge in [0, 0.05) is 44.0 Å².